The fourth-order valence-corrected chi connectivity index (χ4v) is 2.78. The van der Waals surface area contributed by atoms with Crippen LogP contribution >= 0.6 is 11.6 Å². The van der Waals surface area contributed by atoms with E-state index in [9.17, 15) is 14.7 Å². The highest BCUT2D eigenvalue weighted by Gasteiger charge is 2.44. The van der Waals surface area contributed by atoms with Crippen LogP contribution in [-0.4, -0.2) is 28.4 Å². The van der Waals surface area contributed by atoms with E-state index in [1.54, 1.807) is 0 Å². The van der Waals surface area contributed by atoms with Gasteiger partial charge < -0.3 is 10.4 Å². The smallest absolute Gasteiger partial charge is 0.324 e. The maximum atomic E-state index is 11.6. The van der Waals surface area contributed by atoms with Gasteiger partial charge in [-0.05, 0) is 36.6 Å². The molecule has 0 spiro atoms. The Hall–Kier alpha value is -1.39. The summed E-state index contributed by atoms with van der Waals surface area (Å²) in [6, 6.07) is 9.41. The van der Waals surface area contributed by atoms with Crippen molar-refractivity contribution in [1.29, 1.82) is 0 Å². The maximum Gasteiger partial charge on any atom is 0.324 e. The SMILES string of the molecule is O=C(Cl)C1CCNC(Cc2ccccc2)(C(=O)O)C1. The fourth-order valence-electron chi connectivity index (χ4n) is 2.59. The zero-order valence-corrected chi connectivity index (χ0v) is 11.2. The molecule has 2 rings (SSSR count). The molecule has 1 aliphatic heterocycles. The molecule has 2 atom stereocenters. The van der Waals surface area contributed by atoms with Crippen molar-refractivity contribution in [2.45, 2.75) is 24.8 Å². The van der Waals surface area contributed by atoms with Crippen LogP contribution in [0, 0.1) is 5.92 Å². The quantitative estimate of drug-likeness (QED) is 0.826. The van der Waals surface area contributed by atoms with E-state index in [-0.39, 0.29) is 12.3 Å². The lowest BCUT2D eigenvalue weighted by atomic mass is 9.78. The molecule has 0 aliphatic carbocycles. The van der Waals surface area contributed by atoms with Gasteiger partial charge in [0.2, 0.25) is 5.24 Å². The number of carbonyl (C=O) groups is 2. The van der Waals surface area contributed by atoms with Crippen molar-refractivity contribution >= 4 is 22.8 Å². The van der Waals surface area contributed by atoms with Gasteiger partial charge in [-0.25, -0.2) is 0 Å². The molecule has 2 N–H and O–H groups in total. The first kappa shape index (κ1) is 14.0. The highest BCUT2D eigenvalue weighted by Crippen LogP contribution is 2.29. The number of piperidine rings is 1. The van der Waals surface area contributed by atoms with Gasteiger partial charge in [0.15, 0.2) is 0 Å². The largest absolute Gasteiger partial charge is 0.480 e. The molecule has 4 nitrogen and oxygen atoms in total. The third-order valence-corrected chi connectivity index (χ3v) is 3.94. The van der Waals surface area contributed by atoms with E-state index >= 15 is 0 Å². The molecule has 1 aliphatic rings. The molecule has 1 aromatic rings. The third-order valence-electron chi connectivity index (χ3n) is 3.63. The summed E-state index contributed by atoms with van der Waals surface area (Å²) in [6.07, 6.45) is 1.18. The predicted octanol–water partition coefficient (Wildman–Crippen LogP) is 1.82. The number of hydrogen-bond donors (Lipinski definition) is 2. The Labute approximate surface area is 116 Å². The van der Waals surface area contributed by atoms with Crippen LogP contribution in [0.25, 0.3) is 0 Å². The van der Waals surface area contributed by atoms with Gasteiger partial charge in [0.05, 0.1) is 0 Å². The minimum atomic E-state index is -1.10. The van der Waals surface area contributed by atoms with Gasteiger partial charge >= 0.3 is 5.97 Å². The van der Waals surface area contributed by atoms with Gasteiger partial charge in [0, 0.05) is 12.3 Å². The Balaban J connectivity index is 2.23. The van der Waals surface area contributed by atoms with Crippen LogP contribution in [0.4, 0.5) is 0 Å². The molecule has 0 amide bonds. The number of rotatable bonds is 4. The third kappa shape index (κ3) is 3.14. The van der Waals surface area contributed by atoms with Crippen LogP contribution in [0.15, 0.2) is 30.3 Å². The summed E-state index contributed by atoms with van der Waals surface area (Å²) < 4.78 is 0. The Bertz CT molecular complexity index is 477. The Morgan fingerprint density at radius 1 is 1.37 bits per heavy atom. The number of carboxylic acids is 1. The van der Waals surface area contributed by atoms with Crippen LogP contribution in [0.2, 0.25) is 0 Å². The van der Waals surface area contributed by atoms with Crippen LogP contribution in [0.5, 0.6) is 0 Å². The molecular formula is C14H16ClNO3. The number of nitrogens with one attached hydrogen (secondary N) is 1. The second-order valence-corrected chi connectivity index (χ2v) is 5.34. The van der Waals surface area contributed by atoms with E-state index in [0.29, 0.717) is 19.4 Å². The Morgan fingerprint density at radius 2 is 2.05 bits per heavy atom. The van der Waals surface area contributed by atoms with Crippen molar-refractivity contribution in [3.63, 3.8) is 0 Å². The van der Waals surface area contributed by atoms with Gasteiger partial charge in [0.1, 0.15) is 5.54 Å². The first-order valence-corrected chi connectivity index (χ1v) is 6.63. The summed E-state index contributed by atoms with van der Waals surface area (Å²) in [5.74, 6) is -1.32. The number of aliphatic carboxylic acids is 1. The lowest BCUT2D eigenvalue weighted by molar-refractivity contribution is -0.147. The van der Waals surface area contributed by atoms with Crippen LogP contribution in [-0.2, 0) is 16.0 Å². The highest BCUT2D eigenvalue weighted by atomic mass is 35.5. The summed E-state index contributed by atoms with van der Waals surface area (Å²) in [7, 11) is 0. The van der Waals surface area contributed by atoms with Crippen LogP contribution < -0.4 is 5.32 Å². The van der Waals surface area contributed by atoms with E-state index in [0.717, 1.165) is 5.56 Å². The summed E-state index contributed by atoms with van der Waals surface area (Å²) >= 11 is 5.53. The van der Waals surface area contributed by atoms with Gasteiger partial charge in [-0.3, -0.25) is 9.59 Å². The molecule has 1 saturated heterocycles. The van der Waals surface area contributed by atoms with Crippen molar-refractivity contribution in [2.75, 3.05) is 6.54 Å². The number of carboxylic acid groups (broad SMARTS) is 1. The van der Waals surface area contributed by atoms with Gasteiger partial charge in [-0.15, -0.1) is 0 Å². The number of halogens is 1. The fraction of sp³-hybridized carbons (Fsp3) is 0.429. The lowest BCUT2D eigenvalue weighted by Gasteiger charge is -2.37. The van der Waals surface area contributed by atoms with Crippen LogP contribution in [0.3, 0.4) is 0 Å². The average molecular weight is 282 g/mol. The van der Waals surface area contributed by atoms with Crippen molar-refractivity contribution in [3.8, 4) is 0 Å². The van der Waals surface area contributed by atoms with Crippen molar-refractivity contribution in [3.05, 3.63) is 35.9 Å². The van der Waals surface area contributed by atoms with Crippen molar-refractivity contribution < 1.29 is 14.7 Å². The molecule has 102 valence electrons. The Morgan fingerprint density at radius 3 is 2.63 bits per heavy atom. The normalized spacial score (nSPS) is 26.9. The van der Waals surface area contributed by atoms with E-state index in [1.165, 1.54) is 0 Å². The van der Waals surface area contributed by atoms with E-state index < -0.39 is 16.8 Å². The van der Waals surface area contributed by atoms with Gasteiger partial charge in [-0.2, -0.15) is 0 Å². The molecule has 5 heteroatoms. The number of carbonyl (C=O) groups excluding carboxylic acids is 1. The molecule has 0 aromatic heterocycles. The summed E-state index contributed by atoms with van der Waals surface area (Å²) in [5.41, 5.74) is -0.172. The van der Waals surface area contributed by atoms with E-state index in [1.807, 2.05) is 30.3 Å². The minimum absolute atomic E-state index is 0.236. The monoisotopic (exact) mass is 281 g/mol. The average Bonchev–Trinajstić information content (AvgIpc) is 2.40. The second kappa shape index (κ2) is 5.72. The first-order chi connectivity index (χ1) is 9.03. The molecule has 0 radical (unpaired) electrons. The van der Waals surface area contributed by atoms with E-state index in [2.05, 4.69) is 5.32 Å². The summed E-state index contributed by atoms with van der Waals surface area (Å²) in [5, 5.41) is 12.1. The topological polar surface area (TPSA) is 66.4 Å². The van der Waals surface area contributed by atoms with Crippen LogP contribution in [0.1, 0.15) is 18.4 Å². The molecule has 0 bridgehead atoms. The van der Waals surface area contributed by atoms with Crippen molar-refractivity contribution in [1.82, 2.24) is 5.32 Å². The van der Waals surface area contributed by atoms with Crippen molar-refractivity contribution in [2.24, 2.45) is 5.92 Å². The zero-order chi connectivity index (χ0) is 13.9. The predicted molar refractivity (Wildman–Crippen MR) is 72.1 cm³/mol. The minimum Gasteiger partial charge on any atom is -0.480 e. The lowest BCUT2D eigenvalue weighted by Crippen LogP contribution is -2.58. The molecule has 2 unspecified atom stereocenters. The molecule has 1 aromatic carbocycles. The molecular weight excluding hydrogens is 266 g/mol. The molecule has 1 fully saturated rings. The number of benzene rings is 1. The molecule has 1 heterocycles. The Kier molecular flexibility index (Phi) is 4.22. The van der Waals surface area contributed by atoms with Gasteiger partial charge in [-0.1, -0.05) is 30.3 Å². The summed E-state index contributed by atoms with van der Waals surface area (Å²) in [6.45, 7) is 0.488. The first-order valence-electron chi connectivity index (χ1n) is 6.25. The standard InChI is InChI=1S/C14H16ClNO3/c15-12(17)11-6-7-16-14(9-11,13(18)19)8-10-4-2-1-3-5-10/h1-5,11,16H,6-9H2,(H,18,19). The second-order valence-electron chi connectivity index (χ2n) is 4.97. The maximum absolute atomic E-state index is 11.6. The molecule has 19 heavy (non-hydrogen) atoms. The zero-order valence-electron chi connectivity index (χ0n) is 10.4. The highest BCUT2D eigenvalue weighted by molar-refractivity contribution is 6.64. The molecule has 0 saturated carbocycles. The van der Waals surface area contributed by atoms with Gasteiger partial charge in [0.25, 0.3) is 0 Å². The van der Waals surface area contributed by atoms with E-state index in [4.69, 9.17) is 11.6 Å². The number of hydrogen-bond acceptors (Lipinski definition) is 3. The summed E-state index contributed by atoms with van der Waals surface area (Å²) in [4.78, 5) is 22.9.